The summed E-state index contributed by atoms with van der Waals surface area (Å²) in [6, 6.07) is 4.35. The molecule has 2 saturated heterocycles. The number of nitrogens with zero attached hydrogens (tertiary/aromatic N) is 1. The number of guanidine groups is 1. The Hall–Kier alpha value is -0.450. The van der Waals surface area contributed by atoms with Crippen molar-refractivity contribution in [2.24, 2.45) is 4.99 Å². The van der Waals surface area contributed by atoms with Crippen LogP contribution in [0.15, 0.2) is 27.8 Å². The molecule has 1 aromatic rings. The van der Waals surface area contributed by atoms with Gasteiger partial charge in [0.15, 0.2) is 5.96 Å². The van der Waals surface area contributed by atoms with Gasteiger partial charge in [0.25, 0.3) is 0 Å². The first-order valence-corrected chi connectivity index (χ1v) is 11.3. The minimum absolute atomic E-state index is 0. The highest BCUT2D eigenvalue weighted by Crippen LogP contribution is 2.38. The lowest BCUT2D eigenvalue weighted by Gasteiger charge is -2.38. The van der Waals surface area contributed by atoms with E-state index in [9.17, 15) is 0 Å². The highest BCUT2D eigenvalue weighted by atomic mass is 127. The molecular weight excluding hydrogens is 489 g/mol. The molecule has 2 aliphatic heterocycles. The van der Waals surface area contributed by atoms with Gasteiger partial charge in [0.05, 0.1) is 11.9 Å². The highest BCUT2D eigenvalue weighted by molar-refractivity contribution is 14.0. The van der Waals surface area contributed by atoms with Gasteiger partial charge < -0.3 is 24.5 Å². The molecule has 0 bridgehead atoms. The SMILES string of the molecule is CCOCCCN=C(NCCc1ccco1)NC1CCOC2(CCSC2)C1.I. The summed E-state index contributed by atoms with van der Waals surface area (Å²) in [6.07, 6.45) is 6.77. The maximum Gasteiger partial charge on any atom is 0.191 e. The van der Waals surface area contributed by atoms with E-state index in [0.717, 1.165) is 76.1 Å². The third kappa shape index (κ3) is 7.76. The first-order chi connectivity index (χ1) is 13.3. The normalized spacial score (nSPS) is 24.9. The van der Waals surface area contributed by atoms with Crippen molar-refractivity contribution in [2.75, 3.05) is 44.4 Å². The number of nitrogens with one attached hydrogen (secondary N) is 2. The van der Waals surface area contributed by atoms with Crippen molar-refractivity contribution in [2.45, 2.75) is 50.7 Å². The second-order valence-corrected chi connectivity index (χ2v) is 8.31. The largest absolute Gasteiger partial charge is 0.469 e. The highest BCUT2D eigenvalue weighted by Gasteiger charge is 2.40. The van der Waals surface area contributed by atoms with E-state index in [-0.39, 0.29) is 29.6 Å². The van der Waals surface area contributed by atoms with Crippen LogP contribution in [0.2, 0.25) is 0 Å². The molecule has 0 saturated carbocycles. The fourth-order valence-corrected chi connectivity index (χ4v) is 5.00. The molecule has 2 fully saturated rings. The number of aliphatic imine (C=N–C) groups is 1. The maximum atomic E-state index is 6.14. The Morgan fingerprint density at radius 2 is 2.39 bits per heavy atom. The number of hydrogen-bond acceptors (Lipinski definition) is 5. The molecule has 2 N–H and O–H groups in total. The van der Waals surface area contributed by atoms with Crippen LogP contribution in [0.3, 0.4) is 0 Å². The summed E-state index contributed by atoms with van der Waals surface area (Å²) < 4.78 is 17.0. The second-order valence-electron chi connectivity index (χ2n) is 7.21. The third-order valence-electron chi connectivity index (χ3n) is 5.07. The summed E-state index contributed by atoms with van der Waals surface area (Å²) in [5.74, 6) is 4.22. The standard InChI is InChI=1S/C20H33N3O3S.HI/c1-2-24-11-4-9-21-19(22-10-6-18-5-3-12-25-18)23-17-7-13-26-20(15-17)8-14-27-16-20;/h3,5,12,17H,2,4,6-11,13-16H2,1H3,(H2,21,22,23);1H. The van der Waals surface area contributed by atoms with Gasteiger partial charge in [-0.15, -0.1) is 24.0 Å². The lowest BCUT2D eigenvalue weighted by molar-refractivity contribution is -0.0679. The first kappa shape index (κ1) is 23.8. The van der Waals surface area contributed by atoms with Crippen molar-refractivity contribution in [1.82, 2.24) is 10.6 Å². The Balaban J connectivity index is 0.00000280. The van der Waals surface area contributed by atoms with Crippen molar-refractivity contribution in [3.63, 3.8) is 0 Å². The van der Waals surface area contributed by atoms with Gasteiger partial charge in [0.1, 0.15) is 5.76 Å². The summed E-state index contributed by atoms with van der Waals surface area (Å²) in [4.78, 5) is 4.76. The van der Waals surface area contributed by atoms with E-state index in [2.05, 4.69) is 10.6 Å². The smallest absolute Gasteiger partial charge is 0.191 e. The van der Waals surface area contributed by atoms with Gasteiger partial charge in [-0.05, 0) is 50.5 Å². The van der Waals surface area contributed by atoms with Crippen LogP contribution in [0.5, 0.6) is 0 Å². The van der Waals surface area contributed by atoms with Gasteiger partial charge in [-0.25, -0.2) is 0 Å². The van der Waals surface area contributed by atoms with E-state index >= 15 is 0 Å². The van der Waals surface area contributed by atoms with Crippen molar-refractivity contribution in [3.8, 4) is 0 Å². The molecule has 2 aliphatic rings. The Kier molecular flexibility index (Phi) is 11.0. The monoisotopic (exact) mass is 523 g/mol. The summed E-state index contributed by atoms with van der Waals surface area (Å²) in [5, 5.41) is 7.12. The third-order valence-corrected chi connectivity index (χ3v) is 6.29. The molecule has 2 atom stereocenters. The zero-order valence-corrected chi connectivity index (χ0v) is 19.9. The zero-order chi connectivity index (χ0) is 18.8. The van der Waals surface area contributed by atoms with Crippen LogP contribution in [0.25, 0.3) is 0 Å². The molecular formula is C20H34IN3O3S. The predicted octanol–water partition coefficient (Wildman–Crippen LogP) is 3.46. The number of furan rings is 1. The molecule has 0 amide bonds. The van der Waals surface area contributed by atoms with Gasteiger partial charge >= 0.3 is 0 Å². The molecule has 2 unspecified atom stereocenters. The van der Waals surface area contributed by atoms with E-state index < -0.39 is 0 Å². The van der Waals surface area contributed by atoms with Crippen LogP contribution in [0.4, 0.5) is 0 Å². The van der Waals surface area contributed by atoms with E-state index in [1.165, 1.54) is 12.2 Å². The predicted molar refractivity (Wildman–Crippen MR) is 126 cm³/mol. The summed E-state index contributed by atoms with van der Waals surface area (Å²) >= 11 is 2.01. The fourth-order valence-electron chi connectivity index (χ4n) is 3.62. The van der Waals surface area contributed by atoms with Crippen molar-refractivity contribution in [3.05, 3.63) is 24.2 Å². The van der Waals surface area contributed by atoms with E-state index in [0.29, 0.717) is 6.04 Å². The van der Waals surface area contributed by atoms with Crippen LogP contribution in [-0.2, 0) is 15.9 Å². The summed E-state index contributed by atoms with van der Waals surface area (Å²) in [5.41, 5.74) is 0.0782. The first-order valence-electron chi connectivity index (χ1n) is 10.2. The van der Waals surface area contributed by atoms with Gasteiger partial charge in [-0.1, -0.05) is 0 Å². The van der Waals surface area contributed by atoms with Crippen LogP contribution in [-0.4, -0.2) is 62.0 Å². The van der Waals surface area contributed by atoms with Gasteiger partial charge in [0, 0.05) is 51.1 Å². The quantitative estimate of drug-likeness (QED) is 0.224. The average Bonchev–Trinajstić information content (AvgIpc) is 3.34. The number of rotatable bonds is 9. The van der Waals surface area contributed by atoms with Crippen molar-refractivity contribution < 1.29 is 13.9 Å². The Labute approximate surface area is 190 Å². The Morgan fingerprint density at radius 1 is 1.46 bits per heavy atom. The number of thioether (sulfide) groups is 1. The molecule has 3 rings (SSSR count). The summed E-state index contributed by atoms with van der Waals surface area (Å²) in [6.45, 7) is 5.95. The maximum absolute atomic E-state index is 6.14. The minimum Gasteiger partial charge on any atom is -0.469 e. The summed E-state index contributed by atoms with van der Waals surface area (Å²) in [7, 11) is 0. The molecule has 3 heterocycles. The number of halogens is 1. The zero-order valence-electron chi connectivity index (χ0n) is 16.8. The van der Waals surface area contributed by atoms with Gasteiger partial charge in [-0.2, -0.15) is 11.8 Å². The van der Waals surface area contributed by atoms with Crippen LogP contribution >= 0.6 is 35.7 Å². The molecule has 8 heteroatoms. The topological polar surface area (TPSA) is 68.0 Å². The van der Waals surface area contributed by atoms with E-state index in [1.54, 1.807) is 6.26 Å². The molecule has 28 heavy (non-hydrogen) atoms. The van der Waals surface area contributed by atoms with Gasteiger partial charge in [0.2, 0.25) is 0 Å². The van der Waals surface area contributed by atoms with Gasteiger partial charge in [-0.3, -0.25) is 4.99 Å². The number of hydrogen-bond donors (Lipinski definition) is 2. The van der Waals surface area contributed by atoms with Crippen molar-refractivity contribution >= 4 is 41.7 Å². The van der Waals surface area contributed by atoms with E-state index in [1.807, 2.05) is 30.8 Å². The molecule has 0 aromatic carbocycles. The lowest BCUT2D eigenvalue weighted by Crippen LogP contribution is -2.51. The number of ether oxygens (including phenoxy) is 2. The molecule has 1 aromatic heterocycles. The van der Waals surface area contributed by atoms with E-state index in [4.69, 9.17) is 18.9 Å². The minimum atomic E-state index is 0. The molecule has 6 nitrogen and oxygen atoms in total. The second kappa shape index (κ2) is 13.0. The molecule has 160 valence electrons. The Bertz CT molecular complexity index is 565. The van der Waals surface area contributed by atoms with Crippen LogP contribution in [0.1, 0.15) is 38.4 Å². The Morgan fingerprint density at radius 3 is 3.14 bits per heavy atom. The molecule has 1 spiro atoms. The lowest BCUT2D eigenvalue weighted by atomic mass is 9.90. The molecule has 0 aliphatic carbocycles. The van der Waals surface area contributed by atoms with Crippen molar-refractivity contribution in [1.29, 1.82) is 0 Å². The average molecular weight is 523 g/mol. The fraction of sp³-hybridized carbons (Fsp3) is 0.750. The van der Waals surface area contributed by atoms with Crippen LogP contribution < -0.4 is 10.6 Å². The molecule has 0 radical (unpaired) electrons. The van der Waals surface area contributed by atoms with Crippen LogP contribution in [0, 0.1) is 0 Å².